The number of methoxy groups -OCH3 is 1. The Hall–Kier alpha value is -0.160. The van der Waals surface area contributed by atoms with Crippen molar-refractivity contribution >= 4 is 0 Å². The lowest BCUT2D eigenvalue weighted by Crippen LogP contribution is -2.39. The third-order valence-electron chi connectivity index (χ3n) is 4.19. The van der Waals surface area contributed by atoms with Crippen LogP contribution in [0.2, 0.25) is 0 Å². The molecule has 2 rings (SSSR count). The summed E-state index contributed by atoms with van der Waals surface area (Å²) in [5.41, 5.74) is 0. The number of hydrogen-bond donors (Lipinski definition) is 1. The van der Waals surface area contributed by atoms with E-state index in [9.17, 15) is 0 Å². The van der Waals surface area contributed by atoms with Crippen molar-refractivity contribution in [3.63, 3.8) is 0 Å². The Balaban J connectivity index is 1.57. The maximum atomic E-state index is 5.05. The second-order valence-electron chi connectivity index (χ2n) is 5.58. The van der Waals surface area contributed by atoms with E-state index >= 15 is 0 Å². The summed E-state index contributed by atoms with van der Waals surface area (Å²) in [6.07, 6.45) is 5.29. The molecule has 2 heterocycles. The number of rotatable bonds is 7. The Bertz CT molecular complexity index is 225. The van der Waals surface area contributed by atoms with Gasteiger partial charge in [0.15, 0.2) is 0 Å². The number of fused-ring (bicyclic) bond motifs is 1. The van der Waals surface area contributed by atoms with Crippen molar-refractivity contribution in [1.29, 1.82) is 0 Å². The number of nitrogens with one attached hydrogen (secondary N) is 1. The van der Waals surface area contributed by atoms with Gasteiger partial charge in [-0.1, -0.05) is 0 Å². The Labute approximate surface area is 112 Å². The molecule has 2 aliphatic rings. The first-order valence-corrected chi connectivity index (χ1v) is 7.56. The lowest BCUT2D eigenvalue weighted by molar-refractivity contribution is 0.192. The highest BCUT2D eigenvalue weighted by Crippen LogP contribution is 2.20. The molecule has 4 heteroatoms. The molecular weight excluding hydrogens is 226 g/mol. The standard InChI is InChI=1S/C14H29N3O/c1-18-12-3-6-15-7-11-16-8-4-10-17-9-2-5-14(17)13-16/h14-15H,2-13H2,1H3. The van der Waals surface area contributed by atoms with Gasteiger partial charge >= 0.3 is 0 Å². The van der Waals surface area contributed by atoms with Gasteiger partial charge in [-0.25, -0.2) is 0 Å². The zero-order valence-corrected chi connectivity index (χ0v) is 11.9. The van der Waals surface area contributed by atoms with E-state index in [-0.39, 0.29) is 0 Å². The monoisotopic (exact) mass is 255 g/mol. The molecule has 1 atom stereocenters. The van der Waals surface area contributed by atoms with Crippen molar-refractivity contribution in [2.45, 2.75) is 31.7 Å². The van der Waals surface area contributed by atoms with E-state index < -0.39 is 0 Å². The van der Waals surface area contributed by atoms with Crippen LogP contribution in [0.4, 0.5) is 0 Å². The molecule has 0 amide bonds. The van der Waals surface area contributed by atoms with Gasteiger partial charge in [0.1, 0.15) is 0 Å². The van der Waals surface area contributed by atoms with E-state index in [0.717, 1.165) is 32.2 Å². The predicted molar refractivity (Wildman–Crippen MR) is 75.0 cm³/mol. The average molecular weight is 255 g/mol. The fourth-order valence-electron chi connectivity index (χ4n) is 3.19. The summed E-state index contributed by atoms with van der Waals surface area (Å²) in [6.45, 7) is 9.52. The smallest absolute Gasteiger partial charge is 0.0474 e. The van der Waals surface area contributed by atoms with Crippen molar-refractivity contribution in [2.24, 2.45) is 0 Å². The fourth-order valence-corrected chi connectivity index (χ4v) is 3.19. The third kappa shape index (κ3) is 4.50. The molecule has 4 nitrogen and oxygen atoms in total. The largest absolute Gasteiger partial charge is 0.385 e. The van der Waals surface area contributed by atoms with Crippen LogP contribution >= 0.6 is 0 Å². The summed E-state index contributed by atoms with van der Waals surface area (Å²) in [5, 5.41) is 3.51. The van der Waals surface area contributed by atoms with E-state index in [2.05, 4.69) is 15.1 Å². The van der Waals surface area contributed by atoms with Crippen LogP contribution in [0.1, 0.15) is 25.7 Å². The van der Waals surface area contributed by atoms with Crippen molar-refractivity contribution in [3.8, 4) is 0 Å². The van der Waals surface area contributed by atoms with Gasteiger partial charge in [0.2, 0.25) is 0 Å². The zero-order chi connectivity index (χ0) is 12.6. The average Bonchev–Trinajstić information content (AvgIpc) is 2.72. The van der Waals surface area contributed by atoms with Crippen molar-refractivity contribution in [2.75, 3.05) is 59.5 Å². The first-order chi connectivity index (χ1) is 8.90. The number of nitrogens with zero attached hydrogens (tertiary/aromatic N) is 2. The van der Waals surface area contributed by atoms with Crippen LogP contribution in [0, 0.1) is 0 Å². The van der Waals surface area contributed by atoms with Crippen LogP contribution < -0.4 is 5.32 Å². The van der Waals surface area contributed by atoms with Crippen molar-refractivity contribution in [3.05, 3.63) is 0 Å². The molecule has 1 unspecified atom stereocenters. The second-order valence-corrected chi connectivity index (χ2v) is 5.58. The summed E-state index contributed by atoms with van der Waals surface area (Å²) in [7, 11) is 1.77. The van der Waals surface area contributed by atoms with Gasteiger partial charge < -0.3 is 15.0 Å². The Kier molecular flexibility index (Phi) is 6.41. The molecule has 0 radical (unpaired) electrons. The van der Waals surface area contributed by atoms with E-state index in [1.165, 1.54) is 52.0 Å². The molecule has 0 bridgehead atoms. The topological polar surface area (TPSA) is 27.7 Å². The summed E-state index contributed by atoms with van der Waals surface area (Å²) < 4.78 is 5.05. The quantitative estimate of drug-likeness (QED) is 0.681. The number of hydrogen-bond acceptors (Lipinski definition) is 4. The first kappa shape index (κ1) is 14.3. The van der Waals surface area contributed by atoms with Crippen molar-refractivity contribution in [1.82, 2.24) is 15.1 Å². The molecule has 0 aromatic carbocycles. The minimum atomic E-state index is 0.848. The van der Waals surface area contributed by atoms with Gasteiger partial charge in [0.25, 0.3) is 0 Å². The molecule has 0 aromatic rings. The van der Waals surface area contributed by atoms with Crippen LogP contribution in [0.25, 0.3) is 0 Å². The maximum Gasteiger partial charge on any atom is 0.0474 e. The SMILES string of the molecule is COCCCNCCN1CCCN2CCCC2C1. The Morgan fingerprint density at radius 3 is 2.94 bits per heavy atom. The number of ether oxygens (including phenoxy) is 1. The fraction of sp³-hybridized carbons (Fsp3) is 1.00. The normalized spacial score (nSPS) is 26.2. The molecule has 0 aromatic heterocycles. The molecule has 0 spiro atoms. The molecule has 1 N–H and O–H groups in total. The highest BCUT2D eigenvalue weighted by molar-refractivity contribution is 4.84. The Morgan fingerprint density at radius 1 is 1.17 bits per heavy atom. The molecule has 0 saturated carbocycles. The van der Waals surface area contributed by atoms with E-state index in [0.29, 0.717) is 0 Å². The molecule has 0 aliphatic carbocycles. The highest BCUT2D eigenvalue weighted by atomic mass is 16.5. The Morgan fingerprint density at radius 2 is 2.06 bits per heavy atom. The lowest BCUT2D eigenvalue weighted by atomic mass is 10.2. The molecule has 2 aliphatic heterocycles. The second kappa shape index (κ2) is 8.10. The predicted octanol–water partition coefficient (Wildman–Crippen LogP) is 0.783. The van der Waals surface area contributed by atoms with Gasteiger partial charge in [0, 0.05) is 39.4 Å². The molecular formula is C14H29N3O. The molecule has 2 fully saturated rings. The van der Waals surface area contributed by atoms with Gasteiger partial charge in [-0.05, 0) is 51.9 Å². The van der Waals surface area contributed by atoms with Gasteiger partial charge in [0.05, 0.1) is 0 Å². The summed E-state index contributed by atoms with van der Waals surface area (Å²) in [5.74, 6) is 0. The third-order valence-corrected chi connectivity index (χ3v) is 4.19. The van der Waals surface area contributed by atoms with Crippen LogP contribution in [-0.2, 0) is 4.74 Å². The van der Waals surface area contributed by atoms with E-state index in [4.69, 9.17) is 4.74 Å². The highest BCUT2D eigenvalue weighted by Gasteiger charge is 2.28. The van der Waals surface area contributed by atoms with Crippen LogP contribution in [0.5, 0.6) is 0 Å². The minimum Gasteiger partial charge on any atom is -0.385 e. The molecule has 2 saturated heterocycles. The summed E-state index contributed by atoms with van der Waals surface area (Å²) in [4.78, 5) is 5.35. The minimum absolute atomic E-state index is 0.848. The molecule has 18 heavy (non-hydrogen) atoms. The van der Waals surface area contributed by atoms with Crippen LogP contribution in [-0.4, -0.2) is 75.4 Å². The zero-order valence-electron chi connectivity index (χ0n) is 11.9. The van der Waals surface area contributed by atoms with E-state index in [1.807, 2.05) is 0 Å². The van der Waals surface area contributed by atoms with Gasteiger partial charge in [-0.3, -0.25) is 4.90 Å². The first-order valence-electron chi connectivity index (χ1n) is 7.56. The summed E-state index contributed by atoms with van der Waals surface area (Å²) >= 11 is 0. The summed E-state index contributed by atoms with van der Waals surface area (Å²) in [6, 6.07) is 0.848. The van der Waals surface area contributed by atoms with Crippen LogP contribution in [0.15, 0.2) is 0 Å². The van der Waals surface area contributed by atoms with Gasteiger partial charge in [-0.2, -0.15) is 0 Å². The molecule has 106 valence electrons. The van der Waals surface area contributed by atoms with E-state index in [1.54, 1.807) is 7.11 Å². The van der Waals surface area contributed by atoms with Crippen molar-refractivity contribution < 1.29 is 4.74 Å². The van der Waals surface area contributed by atoms with Crippen LogP contribution in [0.3, 0.4) is 0 Å². The lowest BCUT2D eigenvalue weighted by Gasteiger charge is -2.25. The van der Waals surface area contributed by atoms with Gasteiger partial charge in [-0.15, -0.1) is 0 Å². The maximum absolute atomic E-state index is 5.05.